The van der Waals surface area contributed by atoms with Crippen LogP contribution in [-0.4, -0.2) is 54.4 Å². The molecule has 2 N–H and O–H groups in total. The summed E-state index contributed by atoms with van der Waals surface area (Å²) in [5.41, 5.74) is -0.238. The summed E-state index contributed by atoms with van der Waals surface area (Å²) in [6.45, 7) is 16.0. The summed E-state index contributed by atoms with van der Waals surface area (Å²) in [7, 11) is 0. The van der Waals surface area contributed by atoms with Crippen LogP contribution < -0.4 is 10.6 Å². The third-order valence-electron chi connectivity index (χ3n) is 5.99. The van der Waals surface area contributed by atoms with Crippen LogP contribution in [0.4, 0.5) is 0 Å². The van der Waals surface area contributed by atoms with Crippen LogP contribution in [0.3, 0.4) is 0 Å². The zero-order chi connectivity index (χ0) is 20.3. The fourth-order valence-electron chi connectivity index (χ4n) is 4.53. The predicted molar refractivity (Wildman–Crippen MR) is 111 cm³/mol. The lowest BCUT2D eigenvalue weighted by Crippen LogP contribution is -2.52. The number of hydrogen-bond donors (Lipinski definition) is 2. The molecule has 1 atom stereocenters. The van der Waals surface area contributed by atoms with E-state index in [2.05, 4.69) is 36.3 Å². The van der Waals surface area contributed by atoms with Gasteiger partial charge in [-0.25, -0.2) is 0 Å². The van der Waals surface area contributed by atoms with Gasteiger partial charge in [0.25, 0.3) is 0 Å². The number of piperidine rings is 2. The molecule has 0 radical (unpaired) electrons. The number of nitrogens with zero attached hydrogens (tertiary/aromatic N) is 1. The highest BCUT2D eigenvalue weighted by Gasteiger charge is 2.38. The van der Waals surface area contributed by atoms with E-state index in [1.165, 1.54) is 19.3 Å². The van der Waals surface area contributed by atoms with Gasteiger partial charge in [0.05, 0.1) is 6.04 Å². The van der Waals surface area contributed by atoms with Gasteiger partial charge in [-0.2, -0.15) is 0 Å². The van der Waals surface area contributed by atoms with Crippen molar-refractivity contribution in [2.45, 2.75) is 91.6 Å². The van der Waals surface area contributed by atoms with Crippen molar-refractivity contribution in [1.29, 1.82) is 0 Å². The summed E-state index contributed by atoms with van der Waals surface area (Å²) in [6, 6.07) is -0.272. The van der Waals surface area contributed by atoms with E-state index in [9.17, 15) is 9.59 Å². The van der Waals surface area contributed by atoms with Gasteiger partial charge in [0.15, 0.2) is 5.78 Å². The lowest BCUT2D eigenvalue weighted by atomic mass is 9.73. The van der Waals surface area contributed by atoms with Crippen molar-refractivity contribution in [3.05, 3.63) is 0 Å². The molecule has 5 heteroatoms. The van der Waals surface area contributed by atoms with E-state index in [0.29, 0.717) is 18.3 Å². The molecule has 2 heterocycles. The van der Waals surface area contributed by atoms with E-state index in [1.807, 2.05) is 20.8 Å². The monoisotopic (exact) mass is 379 g/mol. The number of Topliss-reactive ketones (excluding diaryl/α,β-unsaturated/α-hetero) is 1. The number of carbonyl (C=O) groups excluding carboxylic acids is 2. The third kappa shape index (κ3) is 6.56. The van der Waals surface area contributed by atoms with E-state index >= 15 is 0 Å². The zero-order valence-electron chi connectivity index (χ0n) is 18.4. The number of rotatable bonds is 5. The third-order valence-corrected chi connectivity index (χ3v) is 5.99. The van der Waals surface area contributed by atoms with E-state index in [4.69, 9.17) is 0 Å². The molecule has 0 aliphatic carbocycles. The van der Waals surface area contributed by atoms with E-state index in [-0.39, 0.29) is 23.3 Å². The van der Waals surface area contributed by atoms with E-state index < -0.39 is 5.41 Å². The molecule has 27 heavy (non-hydrogen) atoms. The standard InChI is InChI=1S/C22H41N3O2/c1-20(2,3)19(27)17(24-21(4,5)6)8-9-18(26)25-15-7-10-22(16-25)11-13-23-14-12-22/h17,23-24H,7-16H2,1-6H3/t17-/m0/s1. The van der Waals surface area contributed by atoms with Crippen molar-refractivity contribution in [2.75, 3.05) is 26.2 Å². The van der Waals surface area contributed by atoms with Gasteiger partial charge >= 0.3 is 0 Å². The van der Waals surface area contributed by atoms with Crippen molar-refractivity contribution >= 4 is 11.7 Å². The summed E-state index contributed by atoms with van der Waals surface area (Å²) in [6.07, 6.45) is 5.73. The van der Waals surface area contributed by atoms with Crippen LogP contribution in [0, 0.1) is 10.8 Å². The molecule has 0 saturated carbocycles. The molecule has 0 unspecified atom stereocenters. The molecule has 0 aromatic carbocycles. The predicted octanol–water partition coefficient (Wildman–Crippen LogP) is 3.13. The maximum atomic E-state index is 12.9. The van der Waals surface area contributed by atoms with Crippen molar-refractivity contribution in [3.63, 3.8) is 0 Å². The van der Waals surface area contributed by atoms with Gasteiger partial charge in [0, 0.05) is 30.5 Å². The summed E-state index contributed by atoms with van der Waals surface area (Å²) in [5.74, 6) is 0.411. The fraction of sp³-hybridized carbons (Fsp3) is 0.909. The molecule has 2 saturated heterocycles. The first-order valence-corrected chi connectivity index (χ1v) is 10.7. The average Bonchev–Trinajstić information content (AvgIpc) is 2.56. The van der Waals surface area contributed by atoms with Crippen LogP contribution in [0.1, 0.15) is 80.1 Å². The fourth-order valence-corrected chi connectivity index (χ4v) is 4.53. The molecule has 0 aromatic rings. The van der Waals surface area contributed by atoms with Crippen molar-refractivity contribution in [1.82, 2.24) is 15.5 Å². The highest BCUT2D eigenvalue weighted by atomic mass is 16.2. The first-order valence-electron chi connectivity index (χ1n) is 10.7. The van der Waals surface area contributed by atoms with Crippen molar-refractivity contribution in [2.24, 2.45) is 10.8 Å². The number of amides is 1. The number of hydrogen-bond acceptors (Lipinski definition) is 4. The van der Waals surface area contributed by atoms with Gasteiger partial charge in [0.2, 0.25) is 5.91 Å². The maximum absolute atomic E-state index is 12.9. The summed E-state index contributed by atoms with van der Waals surface area (Å²) in [4.78, 5) is 27.9. The Morgan fingerprint density at radius 2 is 1.70 bits per heavy atom. The number of carbonyl (C=O) groups is 2. The lowest BCUT2D eigenvalue weighted by Gasteiger charge is -2.45. The van der Waals surface area contributed by atoms with Crippen molar-refractivity contribution < 1.29 is 9.59 Å². The molecule has 0 bridgehead atoms. The first kappa shape index (κ1) is 22.4. The second kappa shape index (κ2) is 8.60. The number of ketones is 1. The first-order chi connectivity index (χ1) is 12.4. The summed E-state index contributed by atoms with van der Waals surface area (Å²) < 4.78 is 0. The largest absolute Gasteiger partial charge is 0.342 e. The number of likely N-dealkylation sites (tertiary alicyclic amines) is 1. The smallest absolute Gasteiger partial charge is 0.222 e. The Hall–Kier alpha value is -0.940. The van der Waals surface area contributed by atoms with Gasteiger partial charge in [-0.3, -0.25) is 9.59 Å². The van der Waals surface area contributed by atoms with Crippen LogP contribution in [-0.2, 0) is 9.59 Å². The summed E-state index contributed by atoms with van der Waals surface area (Å²) in [5, 5.41) is 6.89. The molecule has 2 fully saturated rings. The molecule has 5 nitrogen and oxygen atoms in total. The Morgan fingerprint density at radius 3 is 2.26 bits per heavy atom. The Kier molecular flexibility index (Phi) is 7.12. The quantitative estimate of drug-likeness (QED) is 0.770. The van der Waals surface area contributed by atoms with Gasteiger partial charge in [-0.05, 0) is 71.4 Å². The van der Waals surface area contributed by atoms with E-state index in [1.54, 1.807) is 0 Å². The molecule has 156 valence electrons. The van der Waals surface area contributed by atoms with Gasteiger partial charge in [-0.15, -0.1) is 0 Å². The minimum atomic E-state index is -0.407. The Bertz CT molecular complexity index is 519. The molecule has 1 spiro atoms. The van der Waals surface area contributed by atoms with Gasteiger partial charge < -0.3 is 15.5 Å². The molecule has 0 aromatic heterocycles. The second-order valence-electron chi connectivity index (χ2n) is 10.8. The molecule has 2 aliphatic heterocycles. The molecule has 2 aliphatic rings. The van der Waals surface area contributed by atoms with Crippen LogP contribution in [0.2, 0.25) is 0 Å². The Labute approximate surface area is 166 Å². The van der Waals surface area contributed by atoms with Crippen molar-refractivity contribution in [3.8, 4) is 0 Å². The normalized spacial score (nSPS) is 21.9. The lowest BCUT2D eigenvalue weighted by molar-refractivity contribution is -0.136. The van der Waals surface area contributed by atoms with Gasteiger partial charge in [-0.1, -0.05) is 20.8 Å². The minimum Gasteiger partial charge on any atom is -0.342 e. The summed E-state index contributed by atoms with van der Waals surface area (Å²) >= 11 is 0. The Balaban J connectivity index is 1.96. The van der Waals surface area contributed by atoms with Crippen LogP contribution >= 0.6 is 0 Å². The molecule has 2 rings (SSSR count). The Morgan fingerprint density at radius 1 is 1.07 bits per heavy atom. The average molecular weight is 380 g/mol. The highest BCUT2D eigenvalue weighted by molar-refractivity contribution is 5.89. The molecular weight excluding hydrogens is 338 g/mol. The second-order valence-corrected chi connectivity index (χ2v) is 10.8. The highest BCUT2D eigenvalue weighted by Crippen LogP contribution is 2.38. The zero-order valence-corrected chi connectivity index (χ0v) is 18.4. The van der Waals surface area contributed by atoms with Crippen LogP contribution in [0.15, 0.2) is 0 Å². The van der Waals surface area contributed by atoms with Gasteiger partial charge in [0.1, 0.15) is 0 Å². The number of nitrogens with one attached hydrogen (secondary N) is 2. The topological polar surface area (TPSA) is 61.4 Å². The minimum absolute atomic E-state index is 0.154. The molecule has 1 amide bonds. The van der Waals surface area contributed by atoms with Crippen LogP contribution in [0.25, 0.3) is 0 Å². The maximum Gasteiger partial charge on any atom is 0.222 e. The van der Waals surface area contributed by atoms with Crippen LogP contribution in [0.5, 0.6) is 0 Å². The van der Waals surface area contributed by atoms with E-state index in [0.717, 1.165) is 32.6 Å². The molecular formula is C22H41N3O2. The SMILES string of the molecule is CC(C)(C)N[C@@H](CCC(=O)N1CCCC2(CCNCC2)C1)C(=O)C(C)(C)C.